The number of Topliss-reactive ketones (excluding diaryl/α,β-unsaturated/α-hetero) is 1. The van der Waals surface area contributed by atoms with Crippen LogP contribution in [0.3, 0.4) is 0 Å². The monoisotopic (exact) mass is 249 g/mol. The third-order valence-corrected chi connectivity index (χ3v) is 3.35. The highest BCUT2D eigenvalue weighted by Gasteiger charge is 2.19. The molecule has 1 heterocycles. The van der Waals surface area contributed by atoms with Gasteiger partial charge in [-0.15, -0.1) is 0 Å². The van der Waals surface area contributed by atoms with Crippen LogP contribution in [-0.4, -0.2) is 60.5 Å². The number of likely N-dealkylation sites (N-methyl/N-ethyl adjacent to an activating group) is 1. The molecule has 5 nitrogen and oxygen atoms in total. The zero-order valence-corrected chi connectivity index (χ0v) is 10.6. The normalized spacial score (nSPS) is 17.8. The van der Waals surface area contributed by atoms with Gasteiger partial charge in [-0.25, -0.2) is 0 Å². The van der Waals surface area contributed by atoms with E-state index in [4.69, 9.17) is 5.73 Å². The van der Waals surface area contributed by atoms with Gasteiger partial charge in [-0.3, -0.25) is 9.69 Å². The molecule has 1 aromatic rings. The third kappa shape index (κ3) is 2.80. The first-order valence-corrected chi connectivity index (χ1v) is 6.09. The van der Waals surface area contributed by atoms with Crippen molar-refractivity contribution in [2.75, 3.05) is 45.5 Å². The highest BCUT2D eigenvalue weighted by molar-refractivity contribution is 6.03. The van der Waals surface area contributed by atoms with Gasteiger partial charge in [0.05, 0.1) is 12.2 Å². The Kier molecular flexibility index (Phi) is 3.84. The molecule has 0 aliphatic carbocycles. The molecule has 0 radical (unpaired) electrons. The standard InChI is InChI=1S/C13H19N3O2/c1-15-5-7-16(8-6-15)9-12(18)10-3-2-4-11(17)13(10)14/h2-4,17H,5-9,14H2,1H3. The van der Waals surface area contributed by atoms with E-state index in [0.29, 0.717) is 12.1 Å². The minimum absolute atomic E-state index is 0.0285. The fraction of sp³-hybridized carbons (Fsp3) is 0.462. The number of benzene rings is 1. The number of carbonyl (C=O) groups excluding carboxylic acids is 1. The minimum atomic E-state index is -0.0343. The summed E-state index contributed by atoms with van der Waals surface area (Å²) in [6, 6.07) is 4.79. The summed E-state index contributed by atoms with van der Waals surface area (Å²) in [5.41, 5.74) is 6.30. The topological polar surface area (TPSA) is 69.8 Å². The Balaban J connectivity index is 2.01. The van der Waals surface area contributed by atoms with E-state index < -0.39 is 0 Å². The summed E-state index contributed by atoms with van der Waals surface area (Å²) in [4.78, 5) is 16.5. The van der Waals surface area contributed by atoms with Crippen molar-refractivity contribution in [3.63, 3.8) is 0 Å². The summed E-state index contributed by atoms with van der Waals surface area (Å²) in [5.74, 6) is -0.0628. The van der Waals surface area contributed by atoms with Gasteiger partial charge >= 0.3 is 0 Å². The van der Waals surface area contributed by atoms with Crippen LogP contribution in [0.25, 0.3) is 0 Å². The number of carbonyl (C=O) groups is 1. The SMILES string of the molecule is CN1CCN(CC(=O)c2cccc(O)c2N)CC1. The number of nitrogen functional groups attached to an aromatic ring is 1. The Morgan fingerprint density at radius 1 is 1.33 bits per heavy atom. The molecule has 0 aromatic heterocycles. The summed E-state index contributed by atoms with van der Waals surface area (Å²) < 4.78 is 0. The quantitative estimate of drug-likeness (QED) is 0.461. The van der Waals surface area contributed by atoms with Crippen LogP contribution in [-0.2, 0) is 0 Å². The lowest BCUT2D eigenvalue weighted by atomic mass is 10.1. The number of piperazine rings is 1. The van der Waals surface area contributed by atoms with Gasteiger partial charge in [0, 0.05) is 31.7 Å². The molecule has 98 valence electrons. The van der Waals surface area contributed by atoms with Gasteiger partial charge in [0.1, 0.15) is 5.75 Å². The molecular formula is C13H19N3O2. The summed E-state index contributed by atoms with van der Waals surface area (Å²) >= 11 is 0. The fourth-order valence-electron chi connectivity index (χ4n) is 2.09. The second-order valence-corrected chi connectivity index (χ2v) is 4.74. The molecule has 1 saturated heterocycles. The van der Waals surface area contributed by atoms with Gasteiger partial charge in [-0.2, -0.15) is 0 Å². The Morgan fingerprint density at radius 3 is 2.67 bits per heavy atom. The number of para-hydroxylation sites is 1. The fourth-order valence-corrected chi connectivity index (χ4v) is 2.09. The summed E-state index contributed by atoms with van der Waals surface area (Å²) in [6.07, 6.45) is 0. The average Bonchev–Trinajstić information content (AvgIpc) is 2.35. The van der Waals surface area contributed by atoms with Gasteiger partial charge < -0.3 is 15.7 Å². The number of phenols is 1. The molecule has 0 bridgehead atoms. The molecule has 1 aromatic carbocycles. The first-order chi connectivity index (χ1) is 8.58. The van der Waals surface area contributed by atoms with Crippen LogP contribution in [0, 0.1) is 0 Å². The molecule has 1 aliphatic heterocycles. The molecule has 0 unspecified atom stereocenters. The maximum absolute atomic E-state index is 12.1. The van der Waals surface area contributed by atoms with Crippen LogP contribution in [0.15, 0.2) is 18.2 Å². The van der Waals surface area contributed by atoms with Crippen molar-refractivity contribution in [1.82, 2.24) is 9.80 Å². The first-order valence-electron chi connectivity index (χ1n) is 6.09. The van der Waals surface area contributed by atoms with Crippen LogP contribution in [0.4, 0.5) is 5.69 Å². The summed E-state index contributed by atoms with van der Waals surface area (Å²) in [6.45, 7) is 4.09. The first kappa shape index (κ1) is 12.9. The van der Waals surface area contributed by atoms with Crippen molar-refractivity contribution in [3.05, 3.63) is 23.8 Å². The molecule has 18 heavy (non-hydrogen) atoms. The second-order valence-electron chi connectivity index (χ2n) is 4.74. The highest BCUT2D eigenvalue weighted by Crippen LogP contribution is 2.23. The molecule has 0 amide bonds. The average molecular weight is 249 g/mol. The van der Waals surface area contributed by atoms with E-state index >= 15 is 0 Å². The molecule has 1 fully saturated rings. The predicted molar refractivity (Wildman–Crippen MR) is 70.8 cm³/mol. The van der Waals surface area contributed by atoms with Crippen LogP contribution >= 0.6 is 0 Å². The zero-order valence-electron chi connectivity index (χ0n) is 10.6. The summed E-state index contributed by atoms with van der Waals surface area (Å²) in [7, 11) is 2.08. The van der Waals surface area contributed by atoms with Gasteiger partial charge in [0.25, 0.3) is 0 Å². The van der Waals surface area contributed by atoms with Gasteiger partial charge in [-0.05, 0) is 19.2 Å². The number of ketones is 1. The van der Waals surface area contributed by atoms with E-state index in [9.17, 15) is 9.90 Å². The number of phenolic OH excluding ortho intramolecular Hbond substituents is 1. The lowest BCUT2D eigenvalue weighted by Crippen LogP contribution is -2.46. The molecule has 0 saturated carbocycles. The highest BCUT2D eigenvalue weighted by atomic mass is 16.3. The summed E-state index contributed by atoms with van der Waals surface area (Å²) in [5, 5.41) is 9.49. The number of hydrogen-bond acceptors (Lipinski definition) is 5. The molecule has 3 N–H and O–H groups in total. The number of rotatable bonds is 3. The lowest BCUT2D eigenvalue weighted by Gasteiger charge is -2.31. The smallest absolute Gasteiger partial charge is 0.179 e. The number of hydrogen-bond donors (Lipinski definition) is 2. The molecule has 2 rings (SSSR count). The maximum Gasteiger partial charge on any atom is 0.179 e. The Morgan fingerprint density at radius 2 is 2.00 bits per heavy atom. The molecule has 1 aliphatic rings. The van der Waals surface area contributed by atoms with Crippen molar-refractivity contribution in [1.29, 1.82) is 0 Å². The van der Waals surface area contributed by atoms with Crippen molar-refractivity contribution >= 4 is 11.5 Å². The molecular weight excluding hydrogens is 230 g/mol. The molecule has 0 atom stereocenters. The Labute approximate surface area is 107 Å². The van der Waals surface area contributed by atoms with Crippen LogP contribution in [0.5, 0.6) is 5.75 Å². The minimum Gasteiger partial charge on any atom is -0.506 e. The van der Waals surface area contributed by atoms with Gasteiger partial charge in [0.2, 0.25) is 0 Å². The van der Waals surface area contributed by atoms with Crippen molar-refractivity contribution < 1.29 is 9.90 Å². The van der Waals surface area contributed by atoms with Crippen molar-refractivity contribution in [2.24, 2.45) is 0 Å². The van der Waals surface area contributed by atoms with E-state index in [1.807, 2.05) is 0 Å². The van der Waals surface area contributed by atoms with Gasteiger partial charge in [-0.1, -0.05) is 6.07 Å². The second kappa shape index (κ2) is 5.37. The van der Waals surface area contributed by atoms with E-state index in [1.54, 1.807) is 12.1 Å². The van der Waals surface area contributed by atoms with E-state index in [2.05, 4.69) is 16.8 Å². The number of anilines is 1. The van der Waals surface area contributed by atoms with E-state index in [0.717, 1.165) is 26.2 Å². The molecule has 5 heteroatoms. The van der Waals surface area contributed by atoms with Crippen molar-refractivity contribution in [2.45, 2.75) is 0 Å². The zero-order chi connectivity index (χ0) is 13.1. The third-order valence-electron chi connectivity index (χ3n) is 3.35. The Bertz CT molecular complexity index is 440. The van der Waals surface area contributed by atoms with Crippen LogP contribution in [0.2, 0.25) is 0 Å². The number of nitrogens with two attached hydrogens (primary N) is 1. The predicted octanol–water partition coefficient (Wildman–Crippen LogP) is 0.404. The van der Waals surface area contributed by atoms with Crippen LogP contribution in [0.1, 0.15) is 10.4 Å². The Hall–Kier alpha value is -1.59. The van der Waals surface area contributed by atoms with E-state index in [1.165, 1.54) is 6.07 Å². The maximum atomic E-state index is 12.1. The van der Waals surface area contributed by atoms with Crippen molar-refractivity contribution in [3.8, 4) is 5.75 Å². The van der Waals surface area contributed by atoms with Crippen LogP contribution < -0.4 is 5.73 Å². The molecule has 0 spiro atoms. The lowest BCUT2D eigenvalue weighted by molar-refractivity contribution is 0.0877. The largest absolute Gasteiger partial charge is 0.506 e. The number of nitrogens with zero attached hydrogens (tertiary/aromatic N) is 2. The van der Waals surface area contributed by atoms with E-state index in [-0.39, 0.29) is 17.2 Å². The van der Waals surface area contributed by atoms with Gasteiger partial charge in [0.15, 0.2) is 5.78 Å². The number of aromatic hydroxyl groups is 1.